The predicted molar refractivity (Wildman–Crippen MR) is 130 cm³/mol. The standard InChI is InChI=1S/C22H18BrClINO4/c1-4-28-19-9-13(7-16(24)20(19)29-11-12(2)3)8-18-22(27)30-21(26-18)14-5-6-17(25)15(23)10-14/h5-10H,2,4,11H2,1,3H3/b18-8-. The maximum Gasteiger partial charge on any atom is 0.363 e. The second kappa shape index (κ2) is 9.98. The van der Waals surface area contributed by atoms with E-state index in [4.69, 9.17) is 25.8 Å². The maximum atomic E-state index is 12.3. The van der Waals surface area contributed by atoms with E-state index in [-0.39, 0.29) is 11.6 Å². The van der Waals surface area contributed by atoms with Crippen LogP contribution in [0.3, 0.4) is 0 Å². The van der Waals surface area contributed by atoms with Crippen LogP contribution in [0.2, 0.25) is 5.02 Å². The molecule has 0 spiro atoms. The molecule has 3 rings (SSSR count). The maximum absolute atomic E-state index is 12.3. The van der Waals surface area contributed by atoms with Crippen molar-refractivity contribution >= 4 is 68.1 Å². The molecule has 0 bridgehead atoms. The summed E-state index contributed by atoms with van der Waals surface area (Å²) in [7, 11) is 0. The van der Waals surface area contributed by atoms with E-state index < -0.39 is 5.97 Å². The zero-order valence-electron chi connectivity index (χ0n) is 16.3. The number of hydrogen-bond acceptors (Lipinski definition) is 5. The molecule has 0 fully saturated rings. The summed E-state index contributed by atoms with van der Waals surface area (Å²) in [6.45, 7) is 8.31. The summed E-state index contributed by atoms with van der Waals surface area (Å²) in [6, 6.07) is 9.05. The molecule has 0 unspecified atom stereocenters. The van der Waals surface area contributed by atoms with Gasteiger partial charge in [0.2, 0.25) is 5.90 Å². The van der Waals surface area contributed by atoms with Crippen molar-refractivity contribution in [1.82, 2.24) is 0 Å². The topological polar surface area (TPSA) is 57.1 Å². The van der Waals surface area contributed by atoms with Crippen molar-refractivity contribution in [2.24, 2.45) is 4.99 Å². The largest absolute Gasteiger partial charge is 0.490 e. The fourth-order valence-electron chi connectivity index (χ4n) is 2.59. The minimum Gasteiger partial charge on any atom is -0.490 e. The molecule has 0 saturated carbocycles. The molecule has 0 N–H and O–H groups in total. The van der Waals surface area contributed by atoms with Gasteiger partial charge in [-0.3, -0.25) is 0 Å². The third-order valence-corrected chi connectivity index (χ3v) is 6.50. The van der Waals surface area contributed by atoms with Crippen molar-refractivity contribution in [2.45, 2.75) is 13.8 Å². The normalized spacial score (nSPS) is 14.5. The first-order chi connectivity index (χ1) is 14.3. The molecule has 0 radical (unpaired) electrons. The zero-order chi connectivity index (χ0) is 21.8. The third-order valence-electron chi connectivity index (χ3n) is 3.89. The molecule has 2 aromatic rings. The van der Waals surface area contributed by atoms with Gasteiger partial charge in [0.25, 0.3) is 0 Å². The van der Waals surface area contributed by atoms with Crippen molar-refractivity contribution in [1.29, 1.82) is 0 Å². The molecule has 0 saturated heterocycles. The highest BCUT2D eigenvalue weighted by Gasteiger charge is 2.25. The number of rotatable bonds is 7. The highest BCUT2D eigenvalue weighted by Crippen LogP contribution is 2.38. The summed E-state index contributed by atoms with van der Waals surface area (Å²) in [6.07, 6.45) is 1.61. The molecule has 0 aromatic heterocycles. The lowest BCUT2D eigenvalue weighted by Gasteiger charge is -2.14. The van der Waals surface area contributed by atoms with E-state index in [2.05, 4.69) is 50.1 Å². The van der Waals surface area contributed by atoms with E-state index in [0.29, 0.717) is 40.9 Å². The molecular weight excluding hydrogens is 585 g/mol. The average molecular weight is 603 g/mol. The number of benzene rings is 2. The van der Waals surface area contributed by atoms with Crippen LogP contribution in [0.4, 0.5) is 0 Å². The van der Waals surface area contributed by atoms with Gasteiger partial charge >= 0.3 is 5.97 Å². The minimum atomic E-state index is -0.531. The molecule has 2 aromatic carbocycles. The Morgan fingerprint density at radius 1 is 1.33 bits per heavy atom. The van der Waals surface area contributed by atoms with Gasteiger partial charge in [-0.05, 0) is 99.9 Å². The number of esters is 1. The first kappa shape index (κ1) is 22.8. The number of halogens is 3. The number of nitrogens with zero attached hydrogens (tertiary/aromatic N) is 1. The van der Waals surface area contributed by atoms with Gasteiger partial charge in [-0.2, -0.15) is 0 Å². The Labute approximate surface area is 202 Å². The molecule has 5 nitrogen and oxygen atoms in total. The third kappa shape index (κ3) is 5.44. The summed E-state index contributed by atoms with van der Waals surface area (Å²) in [4.78, 5) is 16.7. The number of cyclic esters (lactones) is 1. The van der Waals surface area contributed by atoms with Gasteiger partial charge in [-0.1, -0.05) is 18.2 Å². The van der Waals surface area contributed by atoms with Gasteiger partial charge in [0.15, 0.2) is 17.2 Å². The number of aliphatic imine (C=N–C) groups is 1. The van der Waals surface area contributed by atoms with Gasteiger partial charge in [0, 0.05) is 13.6 Å². The van der Waals surface area contributed by atoms with Crippen molar-refractivity contribution in [3.05, 3.63) is 72.4 Å². The fraction of sp³-hybridized carbons (Fsp3) is 0.182. The zero-order valence-corrected chi connectivity index (χ0v) is 20.8. The lowest BCUT2D eigenvalue weighted by atomic mass is 10.1. The van der Waals surface area contributed by atoms with Crippen LogP contribution in [-0.4, -0.2) is 25.1 Å². The Hall–Kier alpha value is -1.84. The van der Waals surface area contributed by atoms with Gasteiger partial charge in [-0.25, -0.2) is 9.79 Å². The lowest BCUT2D eigenvalue weighted by molar-refractivity contribution is -0.129. The summed E-state index contributed by atoms with van der Waals surface area (Å²) in [5, 5.41) is 0.367. The molecular formula is C22H18BrClINO4. The quantitative estimate of drug-likeness (QED) is 0.159. The monoisotopic (exact) mass is 601 g/mol. The second-order valence-corrected chi connectivity index (χ2v) is 8.90. The fourth-order valence-corrected chi connectivity index (χ4v) is 3.58. The van der Waals surface area contributed by atoms with E-state index in [0.717, 1.165) is 13.6 Å². The summed E-state index contributed by atoms with van der Waals surface area (Å²) in [5.41, 5.74) is 2.38. The van der Waals surface area contributed by atoms with Crippen molar-refractivity contribution in [3.63, 3.8) is 0 Å². The number of hydrogen-bond donors (Lipinski definition) is 0. The highest BCUT2D eigenvalue weighted by atomic mass is 127. The SMILES string of the molecule is C=C(C)COc1c(Cl)cc(/C=C2\N=C(c3ccc(I)c(Br)c3)OC2=O)cc1OCC. The molecule has 0 atom stereocenters. The van der Waals surface area contributed by atoms with Crippen LogP contribution < -0.4 is 9.47 Å². The molecule has 8 heteroatoms. The molecule has 1 heterocycles. The van der Waals surface area contributed by atoms with E-state index in [1.54, 1.807) is 18.2 Å². The Morgan fingerprint density at radius 3 is 2.77 bits per heavy atom. The number of carbonyl (C=O) groups excluding carboxylic acids is 1. The Kier molecular flexibility index (Phi) is 7.60. The Bertz CT molecular complexity index is 1080. The van der Waals surface area contributed by atoms with Gasteiger partial charge < -0.3 is 14.2 Å². The summed E-state index contributed by atoms with van der Waals surface area (Å²) in [5.74, 6) is 0.637. The Balaban J connectivity index is 1.94. The number of carbonyl (C=O) groups is 1. The van der Waals surface area contributed by atoms with E-state index >= 15 is 0 Å². The van der Waals surface area contributed by atoms with Gasteiger partial charge in [0.05, 0.1) is 11.6 Å². The lowest BCUT2D eigenvalue weighted by Crippen LogP contribution is -2.05. The van der Waals surface area contributed by atoms with Crippen LogP contribution in [0.5, 0.6) is 11.5 Å². The van der Waals surface area contributed by atoms with Crippen LogP contribution in [-0.2, 0) is 9.53 Å². The molecule has 0 amide bonds. The van der Waals surface area contributed by atoms with Crippen LogP contribution in [0, 0.1) is 3.57 Å². The predicted octanol–water partition coefficient (Wildman–Crippen LogP) is 6.41. The molecule has 156 valence electrons. The van der Waals surface area contributed by atoms with E-state index in [1.165, 1.54) is 0 Å². The molecule has 1 aliphatic heterocycles. The van der Waals surface area contributed by atoms with Crippen LogP contribution in [0.25, 0.3) is 6.08 Å². The van der Waals surface area contributed by atoms with E-state index in [1.807, 2.05) is 32.0 Å². The van der Waals surface area contributed by atoms with Crippen LogP contribution in [0.1, 0.15) is 25.0 Å². The second-order valence-electron chi connectivity index (χ2n) is 6.47. The van der Waals surface area contributed by atoms with Crippen LogP contribution in [0.15, 0.2) is 57.6 Å². The smallest absolute Gasteiger partial charge is 0.363 e. The highest BCUT2D eigenvalue weighted by molar-refractivity contribution is 14.1. The summed E-state index contributed by atoms with van der Waals surface area (Å²) >= 11 is 12.1. The molecule has 1 aliphatic rings. The first-order valence-corrected chi connectivity index (χ1v) is 11.2. The molecule has 0 aliphatic carbocycles. The Morgan fingerprint density at radius 2 is 2.10 bits per heavy atom. The van der Waals surface area contributed by atoms with Crippen molar-refractivity contribution in [3.8, 4) is 11.5 Å². The molecule has 30 heavy (non-hydrogen) atoms. The average Bonchev–Trinajstić information content (AvgIpc) is 3.04. The number of ether oxygens (including phenoxy) is 3. The van der Waals surface area contributed by atoms with Crippen molar-refractivity contribution < 1.29 is 19.0 Å². The van der Waals surface area contributed by atoms with Crippen molar-refractivity contribution in [2.75, 3.05) is 13.2 Å². The van der Waals surface area contributed by atoms with Gasteiger partial charge in [0.1, 0.15) is 6.61 Å². The van der Waals surface area contributed by atoms with Crippen LogP contribution >= 0.6 is 50.1 Å². The van der Waals surface area contributed by atoms with Gasteiger partial charge in [-0.15, -0.1) is 0 Å². The summed E-state index contributed by atoms with van der Waals surface area (Å²) < 4.78 is 18.7. The van der Waals surface area contributed by atoms with E-state index in [9.17, 15) is 4.79 Å². The first-order valence-electron chi connectivity index (χ1n) is 9.00. The minimum absolute atomic E-state index is 0.175.